The van der Waals surface area contributed by atoms with Gasteiger partial charge in [-0.1, -0.05) is 18.2 Å². The monoisotopic (exact) mass is 477 g/mol. The first-order valence-electron chi connectivity index (χ1n) is 10.2. The molecule has 2 aromatic carbocycles. The summed E-state index contributed by atoms with van der Waals surface area (Å²) in [5.74, 6) is -0.0518. The van der Waals surface area contributed by atoms with Crippen molar-refractivity contribution in [3.05, 3.63) is 64.7 Å². The Balaban J connectivity index is 1.94. The highest BCUT2D eigenvalue weighted by molar-refractivity contribution is 5.79. The van der Waals surface area contributed by atoms with Crippen LogP contribution in [0.25, 0.3) is 0 Å². The molecule has 0 radical (unpaired) electrons. The second-order valence-corrected chi connectivity index (χ2v) is 7.77. The van der Waals surface area contributed by atoms with Gasteiger partial charge in [0.15, 0.2) is 5.60 Å². The van der Waals surface area contributed by atoms with Crippen LogP contribution in [0.4, 0.5) is 26.3 Å². The zero-order valence-corrected chi connectivity index (χ0v) is 18.4. The van der Waals surface area contributed by atoms with Gasteiger partial charge < -0.3 is 14.8 Å². The Hall–Kier alpha value is -2.75. The maximum absolute atomic E-state index is 13.2. The van der Waals surface area contributed by atoms with E-state index in [1.807, 2.05) is 0 Å². The summed E-state index contributed by atoms with van der Waals surface area (Å²) in [6.07, 6.45) is -9.29. The third kappa shape index (κ3) is 7.66. The molecule has 10 heteroatoms. The highest BCUT2D eigenvalue weighted by Crippen LogP contribution is 2.37. The van der Waals surface area contributed by atoms with Crippen molar-refractivity contribution in [2.24, 2.45) is 0 Å². The standard InChI is InChI=1S/C23H25F6NO3/c1-4-32-20(31)21(2,3)33-18-9-5-15(6-10-18)11-12-30-14-16-7-8-17(22(24,25)26)13-19(16)23(27,28)29/h5-10,13,30H,4,11-12,14H2,1-3H3. The predicted octanol–water partition coefficient (Wildman–Crippen LogP) is 5.78. The molecule has 33 heavy (non-hydrogen) atoms. The topological polar surface area (TPSA) is 47.6 Å². The van der Waals surface area contributed by atoms with E-state index in [0.29, 0.717) is 24.8 Å². The molecule has 0 aromatic heterocycles. The summed E-state index contributed by atoms with van der Waals surface area (Å²) in [6, 6.07) is 8.43. The predicted molar refractivity (Wildman–Crippen MR) is 110 cm³/mol. The Kier molecular flexibility index (Phi) is 8.40. The maximum atomic E-state index is 13.2. The minimum Gasteiger partial charge on any atom is -0.476 e. The number of esters is 1. The SMILES string of the molecule is CCOC(=O)C(C)(C)Oc1ccc(CCNCc2ccc(C(F)(F)F)cc2C(F)(F)F)cc1. The van der Waals surface area contributed by atoms with Gasteiger partial charge in [0.05, 0.1) is 17.7 Å². The zero-order valence-electron chi connectivity index (χ0n) is 18.4. The second-order valence-electron chi connectivity index (χ2n) is 7.77. The molecule has 0 saturated carbocycles. The number of benzene rings is 2. The fourth-order valence-electron chi connectivity index (χ4n) is 2.99. The van der Waals surface area contributed by atoms with Gasteiger partial charge in [0, 0.05) is 6.54 Å². The summed E-state index contributed by atoms with van der Waals surface area (Å²) in [5.41, 5.74) is -3.23. The second kappa shape index (κ2) is 10.5. The zero-order chi connectivity index (χ0) is 24.9. The molecule has 1 N–H and O–H groups in total. The van der Waals surface area contributed by atoms with Gasteiger partial charge in [-0.2, -0.15) is 26.3 Å². The summed E-state index contributed by atoms with van der Waals surface area (Å²) in [5, 5.41) is 2.83. The molecule has 0 unspecified atom stereocenters. The molecular formula is C23H25F6NO3. The first-order valence-corrected chi connectivity index (χ1v) is 10.2. The molecule has 2 aromatic rings. The highest BCUT2D eigenvalue weighted by Gasteiger charge is 2.38. The molecule has 0 heterocycles. The van der Waals surface area contributed by atoms with Crippen LogP contribution in [0.3, 0.4) is 0 Å². The van der Waals surface area contributed by atoms with Crippen molar-refractivity contribution < 1.29 is 40.6 Å². The molecule has 0 bridgehead atoms. The van der Waals surface area contributed by atoms with Crippen LogP contribution in [-0.4, -0.2) is 24.7 Å². The lowest BCUT2D eigenvalue weighted by Crippen LogP contribution is -2.39. The van der Waals surface area contributed by atoms with Gasteiger partial charge in [-0.05, 0) is 69.1 Å². The van der Waals surface area contributed by atoms with Crippen molar-refractivity contribution in [3.8, 4) is 5.75 Å². The maximum Gasteiger partial charge on any atom is 0.416 e. The molecule has 0 aliphatic carbocycles. The minimum atomic E-state index is -4.90. The van der Waals surface area contributed by atoms with Gasteiger partial charge in [0.2, 0.25) is 0 Å². The van der Waals surface area contributed by atoms with Crippen molar-refractivity contribution in [2.45, 2.75) is 51.7 Å². The molecule has 0 amide bonds. The highest BCUT2D eigenvalue weighted by atomic mass is 19.4. The molecule has 182 valence electrons. The van der Waals surface area contributed by atoms with Crippen LogP contribution in [0.1, 0.15) is 43.0 Å². The quantitative estimate of drug-likeness (QED) is 0.283. The van der Waals surface area contributed by atoms with Gasteiger partial charge in [-0.3, -0.25) is 0 Å². The van der Waals surface area contributed by atoms with E-state index in [4.69, 9.17) is 9.47 Å². The van der Waals surface area contributed by atoms with Crippen LogP contribution in [0, 0.1) is 0 Å². The third-order valence-electron chi connectivity index (χ3n) is 4.71. The lowest BCUT2D eigenvalue weighted by atomic mass is 10.0. The van der Waals surface area contributed by atoms with Gasteiger partial charge in [0.25, 0.3) is 0 Å². The number of carbonyl (C=O) groups excluding carboxylic acids is 1. The van der Waals surface area contributed by atoms with Crippen molar-refractivity contribution in [2.75, 3.05) is 13.2 Å². The van der Waals surface area contributed by atoms with Crippen LogP contribution in [0.5, 0.6) is 5.75 Å². The van der Waals surface area contributed by atoms with E-state index < -0.39 is 35.0 Å². The van der Waals surface area contributed by atoms with Gasteiger partial charge in [-0.15, -0.1) is 0 Å². The van der Waals surface area contributed by atoms with E-state index in [0.717, 1.165) is 11.6 Å². The summed E-state index contributed by atoms with van der Waals surface area (Å²) in [4.78, 5) is 11.9. The number of halogens is 6. The Labute approximate surface area is 187 Å². The average molecular weight is 477 g/mol. The number of ether oxygens (including phenoxy) is 2. The molecule has 0 saturated heterocycles. The van der Waals surface area contributed by atoms with Gasteiger partial charge >= 0.3 is 18.3 Å². The number of nitrogens with one attached hydrogen (secondary N) is 1. The number of hydrogen-bond donors (Lipinski definition) is 1. The van der Waals surface area contributed by atoms with Gasteiger partial charge in [-0.25, -0.2) is 4.79 Å². The first kappa shape index (κ1) is 26.5. The van der Waals surface area contributed by atoms with Crippen molar-refractivity contribution >= 4 is 5.97 Å². The summed E-state index contributed by atoms with van der Waals surface area (Å²) >= 11 is 0. The molecule has 2 rings (SSSR count). The number of rotatable bonds is 9. The minimum absolute atomic E-state index is 0.132. The van der Waals surface area contributed by atoms with E-state index in [1.54, 1.807) is 45.0 Å². The summed E-state index contributed by atoms with van der Waals surface area (Å²) in [7, 11) is 0. The van der Waals surface area contributed by atoms with E-state index in [-0.39, 0.29) is 24.8 Å². The molecule has 0 aliphatic rings. The molecule has 0 aliphatic heterocycles. The number of carbonyl (C=O) groups is 1. The number of alkyl halides is 6. The van der Waals surface area contributed by atoms with E-state index in [1.165, 1.54) is 0 Å². The van der Waals surface area contributed by atoms with E-state index >= 15 is 0 Å². The molecule has 0 atom stereocenters. The summed E-state index contributed by atoms with van der Waals surface area (Å²) < 4.78 is 88.5. The molecule has 4 nitrogen and oxygen atoms in total. The Bertz CT molecular complexity index is 937. The largest absolute Gasteiger partial charge is 0.476 e. The van der Waals surface area contributed by atoms with Crippen molar-refractivity contribution in [1.82, 2.24) is 5.32 Å². The molecular weight excluding hydrogens is 452 g/mol. The number of hydrogen-bond acceptors (Lipinski definition) is 4. The Morgan fingerprint density at radius 1 is 0.939 bits per heavy atom. The fraction of sp³-hybridized carbons (Fsp3) is 0.435. The lowest BCUT2D eigenvalue weighted by molar-refractivity contribution is -0.158. The smallest absolute Gasteiger partial charge is 0.416 e. The van der Waals surface area contributed by atoms with Crippen LogP contribution in [-0.2, 0) is 34.8 Å². The summed E-state index contributed by atoms with van der Waals surface area (Å²) in [6.45, 7) is 5.15. The Morgan fingerprint density at radius 2 is 1.58 bits per heavy atom. The molecule has 0 spiro atoms. The van der Waals surface area contributed by atoms with Crippen molar-refractivity contribution in [3.63, 3.8) is 0 Å². The Morgan fingerprint density at radius 3 is 2.12 bits per heavy atom. The lowest BCUT2D eigenvalue weighted by Gasteiger charge is -2.24. The van der Waals surface area contributed by atoms with E-state index in [2.05, 4.69) is 5.32 Å². The first-order chi connectivity index (χ1) is 15.2. The van der Waals surface area contributed by atoms with Crippen molar-refractivity contribution in [1.29, 1.82) is 0 Å². The van der Waals surface area contributed by atoms with Crippen LogP contribution in [0.15, 0.2) is 42.5 Å². The normalized spacial score (nSPS) is 12.5. The van der Waals surface area contributed by atoms with Crippen LogP contribution in [0.2, 0.25) is 0 Å². The fourth-order valence-corrected chi connectivity index (χ4v) is 2.99. The van der Waals surface area contributed by atoms with E-state index in [9.17, 15) is 31.1 Å². The van der Waals surface area contributed by atoms with Crippen LogP contribution >= 0.6 is 0 Å². The van der Waals surface area contributed by atoms with Crippen LogP contribution < -0.4 is 10.1 Å². The average Bonchev–Trinajstić information content (AvgIpc) is 2.71. The van der Waals surface area contributed by atoms with Gasteiger partial charge in [0.1, 0.15) is 5.75 Å². The molecule has 0 fully saturated rings. The third-order valence-corrected chi connectivity index (χ3v) is 4.71.